The smallest absolute Gasteiger partial charge is 0.239 e. The Balaban J connectivity index is 2.20. The first kappa shape index (κ1) is 15.3. The number of likely N-dealkylation sites (N-methyl/N-ethyl adjacent to an activating group) is 1. The summed E-state index contributed by atoms with van der Waals surface area (Å²) in [7, 11) is 1.81. The number of nitrogens with zero attached hydrogens (tertiary/aromatic N) is 1. The molecule has 1 aromatic carbocycles. The number of furan rings is 1. The molecule has 2 aromatic rings. The summed E-state index contributed by atoms with van der Waals surface area (Å²) in [4.78, 5) is 14.0. The lowest BCUT2D eigenvalue weighted by molar-refractivity contribution is -0.131. The number of hydrogen-bond acceptors (Lipinski definition) is 3. The van der Waals surface area contributed by atoms with E-state index in [9.17, 15) is 4.79 Å². The lowest BCUT2D eigenvalue weighted by Crippen LogP contribution is -2.44. The largest absolute Gasteiger partial charge is 0.467 e. The maximum atomic E-state index is 12.2. The van der Waals surface area contributed by atoms with E-state index in [1.165, 1.54) is 0 Å². The average Bonchev–Trinajstić information content (AvgIpc) is 3.05. The third-order valence-electron chi connectivity index (χ3n) is 3.60. The molecule has 1 aromatic heterocycles. The molecule has 0 fully saturated rings. The van der Waals surface area contributed by atoms with E-state index in [1.54, 1.807) is 11.2 Å². The van der Waals surface area contributed by atoms with Crippen molar-refractivity contribution in [3.05, 3.63) is 60.1 Å². The average molecular weight is 286 g/mol. The summed E-state index contributed by atoms with van der Waals surface area (Å²) < 4.78 is 5.53. The van der Waals surface area contributed by atoms with Gasteiger partial charge in [-0.25, -0.2) is 0 Å². The number of rotatable bonds is 6. The van der Waals surface area contributed by atoms with E-state index in [1.807, 2.05) is 63.4 Å². The van der Waals surface area contributed by atoms with Crippen molar-refractivity contribution >= 4 is 5.91 Å². The van der Waals surface area contributed by atoms with Gasteiger partial charge in [0.25, 0.3) is 0 Å². The van der Waals surface area contributed by atoms with Crippen LogP contribution in [0.3, 0.4) is 0 Å². The number of nitrogens with one attached hydrogen (secondary N) is 1. The highest BCUT2D eigenvalue weighted by molar-refractivity contribution is 5.81. The number of carbonyl (C=O) groups excluding carboxylic acids is 1. The summed E-state index contributed by atoms with van der Waals surface area (Å²) in [5, 5.41) is 3.37. The standard InChI is InChI=1S/C17H22N2O2/c1-4-19(3)17(20)13(2)18-16(15-11-8-12-21-15)14-9-6-5-7-10-14/h5-13,16,18H,4H2,1-3H3. The Morgan fingerprint density at radius 2 is 1.95 bits per heavy atom. The predicted octanol–water partition coefficient (Wildman–Crippen LogP) is 2.83. The third-order valence-corrected chi connectivity index (χ3v) is 3.60. The Morgan fingerprint density at radius 3 is 2.52 bits per heavy atom. The van der Waals surface area contributed by atoms with Gasteiger partial charge in [0.1, 0.15) is 5.76 Å². The maximum Gasteiger partial charge on any atom is 0.239 e. The molecule has 4 heteroatoms. The van der Waals surface area contributed by atoms with Crippen molar-refractivity contribution in [2.75, 3.05) is 13.6 Å². The molecule has 0 aliphatic carbocycles. The highest BCUT2D eigenvalue weighted by atomic mass is 16.3. The highest BCUT2D eigenvalue weighted by Crippen LogP contribution is 2.23. The van der Waals surface area contributed by atoms with Gasteiger partial charge in [-0.2, -0.15) is 0 Å². The molecule has 0 aliphatic rings. The Bertz CT molecular complexity index is 551. The van der Waals surface area contributed by atoms with Crippen molar-refractivity contribution in [3.8, 4) is 0 Å². The fourth-order valence-electron chi connectivity index (χ4n) is 2.25. The second kappa shape index (κ2) is 7.09. The molecular weight excluding hydrogens is 264 g/mol. The minimum absolute atomic E-state index is 0.0741. The molecule has 2 unspecified atom stereocenters. The molecule has 2 rings (SSSR count). The Morgan fingerprint density at radius 1 is 1.24 bits per heavy atom. The predicted molar refractivity (Wildman–Crippen MR) is 82.9 cm³/mol. The van der Waals surface area contributed by atoms with Crippen LogP contribution in [-0.2, 0) is 4.79 Å². The van der Waals surface area contributed by atoms with Crippen molar-refractivity contribution in [1.82, 2.24) is 10.2 Å². The molecule has 21 heavy (non-hydrogen) atoms. The number of carbonyl (C=O) groups is 1. The van der Waals surface area contributed by atoms with Gasteiger partial charge in [-0.1, -0.05) is 30.3 Å². The zero-order valence-electron chi connectivity index (χ0n) is 12.7. The van der Waals surface area contributed by atoms with Crippen LogP contribution in [0.2, 0.25) is 0 Å². The van der Waals surface area contributed by atoms with E-state index in [2.05, 4.69) is 5.32 Å². The molecule has 0 bridgehead atoms. The molecule has 0 saturated carbocycles. The lowest BCUT2D eigenvalue weighted by atomic mass is 10.0. The summed E-state index contributed by atoms with van der Waals surface area (Å²) >= 11 is 0. The van der Waals surface area contributed by atoms with Crippen LogP contribution in [-0.4, -0.2) is 30.4 Å². The normalized spacial score (nSPS) is 13.7. The topological polar surface area (TPSA) is 45.5 Å². The lowest BCUT2D eigenvalue weighted by Gasteiger charge is -2.25. The van der Waals surface area contributed by atoms with Gasteiger partial charge in [-0.05, 0) is 31.5 Å². The summed E-state index contributed by atoms with van der Waals surface area (Å²) in [6, 6.07) is 13.4. The molecule has 1 heterocycles. The fraction of sp³-hybridized carbons (Fsp3) is 0.353. The Labute approximate surface area is 125 Å². The van der Waals surface area contributed by atoms with E-state index in [0.29, 0.717) is 6.54 Å². The van der Waals surface area contributed by atoms with E-state index in [0.717, 1.165) is 11.3 Å². The van der Waals surface area contributed by atoms with Gasteiger partial charge >= 0.3 is 0 Å². The Kier molecular flexibility index (Phi) is 5.17. The Hall–Kier alpha value is -2.07. The van der Waals surface area contributed by atoms with E-state index in [-0.39, 0.29) is 18.0 Å². The van der Waals surface area contributed by atoms with Crippen LogP contribution in [0.4, 0.5) is 0 Å². The summed E-state index contributed by atoms with van der Waals surface area (Å²) in [5.74, 6) is 0.880. The number of amides is 1. The summed E-state index contributed by atoms with van der Waals surface area (Å²) in [6.45, 7) is 4.54. The molecule has 0 aliphatic heterocycles. The van der Waals surface area contributed by atoms with Crippen molar-refractivity contribution in [2.24, 2.45) is 0 Å². The third kappa shape index (κ3) is 3.73. The number of benzene rings is 1. The van der Waals surface area contributed by atoms with Crippen LogP contribution in [0.5, 0.6) is 0 Å². The van der Waals surface area contributed by atoms with Crippen LogP contribution >= 0.6 is 0 Å². The minimum atomic E-state index is -0.287. The molecule has 0 spiro atoms. The van der Waals surface area contributed by atoms with Crippen LogP contribution in [0.1, 0.15) is 31.2 Å². The van der Waals surface area contributed by atoms with Gasteiger partial charge in [0.05, 0.1) is 18.3 Å². The summed E-state index contributed by atoms with van der Waals surface area (Å²) in [5.41, 5.74) is 1.08. The quantitative estimate of drug-likeness (QED) is 0.888. The van der Waals surface area contributed by atoms with E-state index < -0.39 is 0 Å². The molecule has 0 radical (unpaired) electrons. The second-order valence-corrected chi connectivity index (χ2v) is 5.10. The maximum absolute atomic E-state index is 12.2. The molecular formula is C17H22N2O2. The number of hydrogen-bond donors (Lipinski definition) is 1. The van der Waals surface area contributed by atoms with E-state index >= 15 is 0 Å². The zero-order valence-corrected chi connectivity index (χ0v) is 12.7. The molecule has 4 nitrogen and oxygen atoms in total. The zero-order chi connectivity index (χ0) is 15.2. The van der Waals surface area contributed by atoms with Crippen molar-refractivity contribution < 1.29 is 9.21 Å². The van der Waals surface area contributed by atoms with Gasteiger partial charge in [0.15, 0.2) is 0 Å². The van der Waals surface area contributed by atoms with Crippen LogP contribution in [0, 0.1) is 0 Å². The molecule has 2 atom stereocenters. The van der Waals surface area contributed by atoms with Gasteiger partial charge in [0, 0.05) is 13.6 Å². The monoisotopic (exact) mass is 286 g/mol. The fourth-order valence-corrected chi connectivity index (χ4v) is 2.25. The minimum Gasteiger partial charge on any atom is -0.467 e. The van der Waals surface area contributed by atoms with E-state index in [4.69, 9.17) is 4.42 Å². The first-order valence-electron chi connectivity index (χ1n) is 7.22. The molecule has 0 saturated heterocycles. The molecule has 1 amide bonds. The van der Waals surface area contributed by atoms with Gasteiger partial charge in [0.2, 0.25) is 5.91 Å². The van der Waals surface area contributed by atoms with Gasteiger partial charge in [-0.3, -0.25) is 10.1 Å². The highest BCUT2D eigenvalue weighted by Gasteiger charge is 2.23. The summed E-state index contributed by atoms with van der Waals surface area (Å²) in [6.07, 6.45) is 1.65. The van der Waals surface area contributed by atoms with Crippen molar-refractivity contribution in [1.29, 1.82) is 0 Å². The first-order valence-corrected chi connectivity index (χ1v) is 7.22. The first-order chi connectivity index (χ1) is 10.1. The van der Waals surface area contributed by atoms with Crippen LogP contribution in [0.25, 0.3) is 0 Å². The molecule has 1 N–H and O–H groups in total. The second-order valence-electron chi connectivity index (χ2n) is 5.10. The van der Waals surface area contributed by atoms with Crippen molar-refractivity contribution in [3.63, 3.8) is 0 Å². The van der Waals surface area contributed by atoms with Gasteiger partial charge in [-0.15, -0.1) is 0 Å². The van der Waals surface area contributed by atoms with Crippen LogP contribution in [0.15, 0.2) is 53.1 Å². The van der Waals surface area contributed by atoms with Crippen LogP contribution < -0.4 is 5.32 Å². The SMILES string of the molecule is CCN(C)C(=O)C(C)NC(c1ccccc1)c1ccco1. The van der Waals surface area contributed by atoms with Crippen molar-refractivity contribution in [2.45, 2.75) is 25.9 Å². The molecule has 112 valence electrons. The van der Waals surface area contributed by atoms with Gasteiger partial charge < -0.3 is 9.32 Å².